The van der Waals surface area contributed by atoms with Crippen LogP contribution < -0.4 is 15.4 Å². The molecule has 1 saturated carbocycles. The third-order valence-corrected chi connectivity index (χ3v) is 8.95. The fraction of sp³-hybridized carbons (Fsp3) is 0.375. The van der Waals surface area contributed by atoms with E-state index >= 15 is 0 Å². The molecule has 5 N–H and O–H groups in total. The van der Waals surface area contributed by atoms with Gasteiger partial charge in [0.2, 0.25) is 16.0 Å². The van der Waals surface area contributed by atoms with Gasteiger partial charge in [0, 0.05) is 17.3 Å². The molecule has 4 aromatic rings. The van der Waals surface area contributed by atoms with E-state index < -0.39 is 34.2 Å². The first-order chi connectivity index (χ1) is 17.7. The van der Waals surface area contributed by atoms with Crippen molar-refractivity contribution < 1.29 is 18.6 Å². The van der Waals surface area contributed by atoms with Crippen LogP contribution in [0.5, 0.6) is 0 Å². The Morgan fingerprint density at radius 2 is 1.89 bits per heavy atom. The summed E-state index contributed by atoms with van der Waals surface area (Å²) < 4.78 is 26.6. The van der Waals surface area contributed by atoms with Crippen LogP contribution in [0.3, 0.4) is 0 Å². The number of aromatic nitrogens is 3. The average Bonchev–Trinajstić information content (AvgIpc) is 3.57. The van der Waals surface area contributed by atoms with Crippen molar-refractivity contribution in [3.8, 4) is 10.6 Å². The number of thiophene rings is 1. The van der Waals surface area contributed by atoms with Gasteiger partial charge >= 0.3 is 0 Å². The maximum atomic E-state index is 11.5. The number of nitrogens with one attached hydrogen (secondary N) is 3. The highest BCUT2D eigenvalue weighted by molar-refractivity contribution is 7.88. The van der Waals surface area contributed by atoms with E-state index in [1.165, 1.54) is 11.3 Å². The molecular formula is C24H28N6O4S3. The number of aliphatic hydroxyl groups excluding tert-OH is 2. The second-order valence-electron chi connectivity index (χ2n) is 9.12. The van der Waals surface area contributed by atoms with E-state index in [1.807, 2.05) is 48.7 Å². The maximum Gasteiger partial charge on any atom is 0.225 e. The van der Waals surface area contributed by atoms with E-state index in [0.717, 1.165) is 31.9 Å². The summed E-state index contributed by atoms with van der Waals surface area (Å²) in [5.41, 5.74) is 2.31. The van der Waals surface area contributed by atoms with Gasteiger partial charge in [0.05, 0.1) is 46.4 Å². The van der Waals surface area contributed by atoms with Crippen molar-refractivity contribution in [3.05, 3.63) is 52.3 Å². The van der Waals surface area contributed by atoms with E-state index in [9.17, 15) is 18.6 Å². The van der Waals surface area contributed by atoms with Crippen molar-refractivity contribution in [3.63, 3.8) is 0 Å². The number of hydrogen-bond donors (Lipinski definition) is 5. The number of sulfonamides is 1. The highest BCUT2D eigenvalue weighted by atomic mass is 32.2. The van der Waals surface area contributed by atoms with Crippen LogP contribution in [0.25, 0.3) is 20.8 Å². The lowest BCUT2D eigenvalue weighted by molar-refractivity contribution is 0.0185. The highest BCUT2D eigenvalue weighted by Gasteiger charge is 2.42. The number of thiazole rings is 1. The standard InChI is InChI=1S/C24H28N6O4S3/c1-13-19(23-29-16-7-3-4-8-18(16)36-23)22(30-24(27-13)25-12-15-6-5-9-35-15)28-17-10-14(20(31)21(17)32)11-26-37(2,33)34/h3-9,14,17,20-21,26,31-32H,10-12H2,1-2H3,(H2,25,27,28,30). The Kier molecular flexibility index (Phi) is 7.43. The Bertz CT molecular complexity index is 1460. The van der Waals surface area contributed by atoms with Gasteiger partial charge < -0.3 is 20.8 Å². The zero-order valence-corrected chi connectivity index (χ0v) is 22.7. The van der Waals surface area contributed by atoms with Gasteiger partial charge in [-0.3, -0.25) is 0 Å². The summed E-state index contributed by atoms with van der Waals surface area (Å²) in [6.07, 6.45) is -0.769. The van der Waals surface area contributed by atoms with Crippen LogP contribution in [0.1, 0.15) is 17.0 Å². The van der Waals surface area contributed by atoms with Gasteiger partial charge in [-0.1, -0.05) is 18.2 Å². The molecule has 1 fully saturated rings. The summed E-state index contributed by atoms with van der Waals surface area (Å²) >= 11 is 3.16. The number of fused-ring (bicyclic) bond motifs is 1. The van der Waals surface area contributed by atoms with Crippen LogP contribution >= 0.6 is 22.7 Å². The van der Waals surface area contributed by atoms with Gasteiger partial charge in [0.1, 0.15) is 16.9 Å². The number of aliphatic hydroxyl groups is 2. The zero-order valence-electron chi connectivity index (χ0n) is 20.2. The summed E-state index contributed by atoms with van der Waals surface area (Å²) in [5.74, 6) is 0.474. The minimum atomic E-state index is -3.42. The lowest BCUT2D eigenvalue weighted by Crippen LogP contribution is -2.37. The Labute approximate surface area is 222 Å². The van der Waals surface area contributed by atoms with Crippen molar-refractivity contribution in [2.24, 2.45) is 5.92 Å². The second-order valence-corrected chi connectivity index (χ2v) is 13.0. The number of anilines is 2. The van der Waals surface area contributed by atoms with Gasteiger partial charge in [-0.05, 0) is 36.9 Å². The monoisotopic (exact) mass is 560 g/mol. The largest absolute Gasteiger partial charge is 0.390 e. The highest BCUT2D eigenvalue weighted by Crippen LogP contribution is 2.38. The van der Waals surface area contributed by atoms with Crippen LogP contribution in [0.2, 0.25) is 0 Å². The molecule has 5 rings (SSSR count). The molecular weight excluding hydrogens is 533 g/mol. The predicted octanol–water partition coefficient (Wildman–Crippen LogP) is 2.81. The van der Waals surface area contributed by atoms with Crippen LogP contribution in [0.15, 0.2) is 41.8 Å². The van der Waals surface area contributed by atoms with Gasteiger partial charge in [0.25, 0.3) is 0 Å². The lowest BCUT2D eigenvalue weighted by Gasteiger charge is -2.21. The average molecular weight is 561 g/mol. The Morgan fingerprint density at radius 1 is 1.08 bits per heavy atom. The molecule has 3 heterocycles. The van der Waals surface area contributed by atoms with Crippen molar-refractivity contribution in [2.45, 2.75) is 38.1 Å². The topological polar surface area (TPSA) is 149 Å². The molecule has 0 radical (unpaired) electrons. The van der Waals surface area contributed by atoms with Crippen LogP contribution in [0, 0.1) is 12.8 Å². The van der Waals surface area contributed by atoms with Gasteiger partial charge in [-0.15, -0.1) is 22.7 Å². The smallest absolute Gasteiger partial charge is 0.225 e. The Hall–Kier alpha value is -2.68. The van der Waals surface area contributed by atoms with Crippen LogP contribution in [-0.4, -0.2) is 64.6 Å². The number of aryl methyl sites for hydroxylation is 1. The van der Waals surface area contributed by atoms with Crippen LogP contribution in [-0.2, 0) is 16.6 Å². The molecule has 0 aliphatic heterocycles. The normalized spacial score (nSPS) is 21.9. The molecule has 13 heteroatoms. The van der Waals surface area contributed by atoms with Crippen molar-refractivity contribution in [2.75, 3.05) is 23.4 Å². The van der Waals surface area contributed by atoms with Crippen molar-refractivity contribution in [1.82, 2.24) is 19.7 Å². The molecule has 1 aliphatic carbocycles. The molecule has 1 aromatic carbocycles. The Balaban J connectivity index is 1.46. The molecule has 0 amide bonds. The van der Waals surface area contributed by atoms with Crippen molar-refractivity contribution >= 4 is 54.7 Å². The quantitative estimate of drug-likeness (QED) is 0.208. The fourth-order valence-electron chi connectivity index (χ4n) is 4.48. The summed E-state index contributed by atoms with van der Waals surface area (Å²) in [4.78, 5) is 15.4. The summed E-state index contributed by atoms with van der Waals surface area (Å²) in [5, 5.41) is 30.7. The van der Waals surface area contributed by atoms with E-state index in [0.29, 0.717) is 30.4 Å². The van der Waals surface area contributed by atoms with Gasteiger partial charge in [0.15, 0.2) is 0 Å². The number of nitrogens with zero attached hydrogens (tertiary/aromatic N) is 3. The fourth-order valence-corrected chi connectivity index (χ4v) is 6.70. The van der Waals surface area contributed by atoms with E-state index in [-0.39, 0.29) is 6.54 Å². The third-order valence-electron chi connectivity index (χ3n) is 6.33. The van der Waals surface area contributed by atoms with E-state index in [1.54, 1.807) is 11.3 Å². The second kappa shape index (κ2) is 10.6. The lowest BCUT2D eigenvalue weighted by atomic mass is 10.1. The predicted molar refractivity (Wildman–Crippen MR) is 147 cm³/mol. The molecule has 4 unspecified atom stereocenters. The third kappa shape index (κ3) is 5.92. The maximum absolute atomic E-state index is 11.5. The number of hydrogen-bond acceptors (Lipinski definition) is 11. The number of rotatable bonds is 9. The minimum Gasteiger partial charge on any atom is -0.390 e. The number of para-hydroxylation sites is 1. The molecule has 3 aromatic heterocycles. The molecule has 0 saturated heterocycles. The first kappa shape index (κ1) is 25.9. The first-order valence-electron chi connectivity index (χ1n) is 11.8. The SMILES string of the molecule is Cc1nc(NCc2cccs2)nc(NC2CC(CNS(C)(=O)=O)C(O)C2O)c1-c1nc2ccccc2s1. The number of benzene rings is 1. The Morgan fingerprint density at radius 3 is 2.62 bits per heavy atom. The van der Waals surface area contributed by atoms with Gasteiger partial charge in [-0.2, -0.15) is 4.98 Å². The summed E-state index contributed by atoms with van der Waals surface area (Å²) in [6.45, 7) is 2.50. The van der Waals surface area contributed by atoms with E-state index in [2.05, 4.69) is 20.3 Å². The first-order valence-corrected chi connectivity index (χ1v) is 15.3. The van der Waals surface area contributed by atoms with Crippen molar-refractivity contribution in [1.29, 1.82) is 0 Å². The minimum absolute atomic E-state index is 0.0381. The molecule has 1 aliphatic rings. The van der Waals surface area contributed by atoms with Crippen LogP contribution in [0.4, 0.5) is 11.8 Å². The summed E-state index contributed by atoms with van der Waals surface area (Å²) in [6, 6.07) is 11.3. The molecule has 4 atom stereocenters. The van der Waals surface area contributed by atoms with E-state index in [4.69, 9.17) is 9.97 Å². The molecule has 37 heavy (non-hydrogen) atoms. The molecule has 196 valence electrons. The molecule has 0 bridgehead atoms. The summed E-state index contributed by atoms with van der Waals surface area (Å²) in [7, 11) is -3.42. The van der Waals surface area contributed by atoms with Gasteiger partial charge in [-0.25, -0.2) is 23.1 Å². The molecule has 10 nitrogen and oxygen atoms in total. The molecule has 0 spiro atoms. The zero-order chi connectivity index (χ0) is 26.2.